The van der Waals surface area contributed by atoms with Gasteiger partial charge >= 0.3 is 6.18 Å². The number of nitrogens with one attached hydrogen (secondary N) is 1. The minimum atomic E-state index is -4.00. The summed E-state index contributed by atoms with van der Waals surface area (Å²) in [5.74, 6) is 1.06. The molecular weight excluding hydrogens is 199 g/mol. The number of thioether (sulfide) groups is 1. The molecule has 0 amide bonds. The molecule has 1 nitrogen and oxygen atoms in total. The zero-order valence-corrected chi connectivity index (χ0v) is 8.60. The van der Waals surface area contributed by atoms with Gasteiger partial charge in [-0.05, 0) is 37.9 Å². The molecule has 80 valence electrons. The Bertz CT molecular complexity index is 116. The van der Waals surface area contributed by atoms with Crippen LogP contribution >= 0.6 is 11.8 Å². The van der Waals surface area contributed by atoms with Gasteiger partial charge in [-0.1, -0.05) is 0 Å². The molecule has 0 bridgehead atoms. The van der Waals surface area contributed by atoms with Crippen LogP contribution in [0.1, 0.15) is 19.3 Å². The van der Waals surface area contributed by atoms with Gasteiger partial charge in [0.2, 0.25) is 0 Å². The van der Waals surface area contributed by atoms with E-state index in [9.17, 15) is 13.2 Å². The highest BCUT2D eigenvalue weighted by molar-refractivity contribution is 7.98. The van der Waals surface area contributed by atoms with E-state index in [0.717, 1.165) is 18.7 Å². The molecule has 0 spiro atoms. The maximum Gasteiger partial charge on any atom is 0.389 e. The van der Waals surface area contributed by atoms with Gasteiger partial charge in [0.05, 0.1) is 0 Å². The van der Waals surface area contributed by atoms with E-state index in [0.29, 0.717) is 6.54 Å². The first-order valence-electron chi connectivity index (χ1n) is 4.32. The van der Waals surface area contributed by atoms with Crippen LogP contribution in [0.2, 0.25) is 0 Å². The summed E-state index contributed by atoms with van der Waals surface area (Å²) in [6.45, 7) is 1.28. The zero-order valence-electron chi connectivity index (χ0n) is 7.78. The Balaban J connectivity index is 3.00. The molecule has 0 aliphatic carbocycles. The van der Waals surface area contributed by atoms with Crippen molar-refractivity contribution in [3.63, 3.8) is 0 Å². The molecule has 0 rings (SSSR count). The lowest BCUT2D eigenvalue weighted by molar-refractivity contribution is -0.135. The van der Waals surface area contributed by atoms with Gasteiger partial charge in [0.25, 0.3) is 0 Å². The topological polar surface area (TPSA) is 12.0 Å². The smallest absolute Gasteiger partial charge is 0.317 e. The Labute approximate surface area is 81.5 Å². The van der Waals surface area contributed by atoms with Gasteiger partial charge in [-0.25, -0.2) is 0 Å². The Hall–Kier alpha value is 0.100. The van der Waals surface area contributed by atoms with Crippen molar-refractivity contribution in [2.24, 2.45) is 0 Å². The SMILES string of the molecule is CSCCCNCCCC(F)(F)F. The maximum absolute atomic E-state index is 11.7. The van der Waals surface area contributed by atoms with Crippen molar-refractivity contribution in [1.29, 1.82) is 0 Å². The van der Waals surface area contributed by atoms with E-state index in [-0.39, 0.29) is 6.42 Å². The third kappa shape index (κ3) is 12.1. The van der Waals surface area contributed by atoms with Crippen LogP contribution in [-0.4, -0.2) is 31.3 Å². The van der Waals surface area contributed by atoms with Gasteiger partial charge < -0.3 is 5.32 Å². The monoisotopic (exact) mass is 215 g/mol. The quantitative estimate of drug-likeness (QED) is 0.655. The minimum Gasteiger partial charge on any atom is -0.317 e. The fraction of sp³-hybridized carbons (Fsp3) is 1.00. The number of hydrogen-bond donors (Lipinski definition) is 1. The molecule has 0 atom stereocenters. The number of alkyl halides is 3. The summed E-state index contributed by atoms with van der Waals surface area (Å²) >= 11 is 1.75. The van der Waals surface area contributed by atoms with Crippen molar-refractivity contribution in [1.82, 2.24) is 5.32 Å². The Morgan fingerprint density at radius 2 is 1.77 bits per heavy atom. The van der Waals surface area contributed by atoms with Crippen molar-refractivity contribution in [3.05, 3.63) is 0 Å². The molecule has 1 N–H and O–H groups in total. The molecule has 0 saturated carbocycles. The maximum atomic E-state index is 11.7. The first-order valence-corrected chi connectivity index (χ1v) is 5.72. The van der Waals surface area contributed by atoms with Crippen LogP contribution < -0.4 is 5.32 Å². The van der Waals surface area contributed by atoms with Crippen LogP contribution in [-0.2, 0) is 0 Å². The average Bonchev–Trinajstić information content (AvgIpc) is 2.01. The van der Waals surface area contributed by atoms with Crippen LogP contribution in [0, 0.1) is 0 Å². The summed E-state index contributed by atoms with van der Waals surface area (Å²) < 4.78 is 35.0. The summed E-state index contributed by atoms with van der Waals surface area (Å²) in [5, 5.41) is 2.98. The van der Waals surface area contributed by atoms with E-state index in [1.165, 1.54) is 0 Å². The zero-order chi connectivity index (χ0) is 10.2. The molecule has 0 aliphatic rings. The van der Waals surface area contributed by atoms with E-state index in [4.69, 9.17) is 0 Å². The molecule has 0 aromatic heterocycles. The van der Waals surface area contributed by atoms with Gasteiger partial charge in [0.15, 0.2) is 0 Å². The lowest BCUT2D eigenvalue weighted by atomic mass is 10.3. The first kappa shape index (κ1) is 13.1. The second-order valence-corrected chi connectivity index (χ2v) is 3.80. The van der Waals surface area contributed by atoms with E-state index >= 15 is 0 Å². The fourth-order valence-corrected chi connectivity index (χ4v) is 1.31. The highest BCUT2D eigenvalue weighted by Gasteiger charge is 2.25. The molecule has 0 unspecified atom stereocenters. The van der Waals surface area contributed by atoms with Gasteiger partial charge in [-0.3, -0.25) is 0 Å². The van der Waals surface area contributed by atoms with Crippen LogP contribution in [0.25, 0.3) is 0 Å². The van der Waals surface area contributed by atoms with Crippen molar-refractivity contribution in [3.8, 4) is 0 Å². The van der Waals surface area contributed by atoms with E-state index < -0.39 is 12.6 Å². The van der Waals surface area contributed by atoms with Gasteiger partial charge in [0, 0.05) is 6.42 Å². The summed E-state index contributed by atoms with van der Waals surface area (Å²) in [6.07, 6.45) is -1.46. The van der Waals surface area contributed by atoms with Crippen molar-refractivity contribution >= 4 is 11.8 Å². The molecule has 0 aliphatic heterocycles. The minimum absolute atomic E-state index is 0.183. The Kier molecular flexibility index (Phi) is 7.56. The Morgan fingerprint density at radius 3 is 2.31 bits per heavy atom. The largest absolute Gasteiger partial charge is 0.389 e. The van der Waals surface area contributed by atoms with E-state index in [2.05, 4.69) is 5.32 Å². The van der Waals surface area contributed by atoms with Crippen molar-refractivity contribution in [2.45, 2.75) is 25.4 Å². The van der Waals surface area contributed by atoms with E-state index in [1.807, 2.05) is 6.26 Å². The summed E-state index contributed by atoms with van der Waals surface area (Å²) in [6, 6.07) is 0. The third-order valence-corrected chi connectivity index (χ3v) is 2.21. The summed E-state index contributed by atoms with van der Waals surface area (Å²) in [5.41, 5.74) is 0. The third-order valence-electron chi connectivity index (χ3n) is 1.52. The second kappa shape index (κ2) is 7.50. The molecule has 5 heteroatoms. The van der Waals surface area contributed by atoms with Crippen LogP contribution in [0.15, 0.2) is 0 Å². The molecule has 0 fully saturated rings. The number of halogens is 3. The lowest BCUT2D eigenvalue weighted by Crippen LogP contribution is -2.19. The van der Waals surface area contributed by atoms with Gasteiger partial charge in [-0.15, -0.1) is 0 Å². The molecule has 0 heterocycles. The van der Waals surface area contributed by atoms with Crippen molar-refractivity contribution < 1.29 is 13.2 Å². The molecule has 0 aromatic carbocycles. The van der Waals surface area contributed by atoms with Crippen LogP contribution in [0.3, 0.4) is 0 Å². The molecular formula is C8H16F3NS. The molecule has 0 saturated heterocycles. The lowest BCUT2D eigenvalue weighted by Gasteiger charge is -2.06. The summed E-state index contributed by atoms with van der Waals surface area (Å²) in [7, 11) is 0. The first-order chi connectivity index (χ1) is 6.06. The highest BCUT2D eigenvalue weighted by atomic mass is 32.2. The number of hydrogen-bond acceptors (Lipinski definition) is 2. The van der Waals surface area contributed by atoms with Gasteiger partial charge in [0.1, 0.15) is 0 Å². The Morgan fingerprint density at radius 1 is 1.15 bits per heavy atom. The molecule has 0 aromatic rings. The average molecular weight is 215 g/mol. The number of rotatable bonds is 7. The van der Waals surface area contributed by atoms with Crippen LogP contribution in [0.4, 0.5) is 13.2 Å². The van der Waals surface area contributed by atoms with E-state index in [1.54, 1.807) is 11.8 Å². The van der Waals surface area contributed by atoms with Gasteiger partial charge in [-0.2, -0.15) is 24.9 Å². The van der Waals surface area contributed by atoms with Crippen molar-refractivity contribution in [2.75, 3.05) is 25.1 Å². The predicted molar refractivity (Wildman–Crippen MR) is 51.2 cm³/mol. The predicted octanol–water partition coefficient (Wildman–Crippen LogP) is 2.67. The molecule has 0 radical (unpaired) electrons. The molecule has 13 heavy (non-hydrogen) atoms. The highest BCUT2D eigenvalue weighted by Crippen LogP contribution is 2.20. The second-order valence-electron chi connectivity index (χ2n) is 2.82. The normalized spacial score (nSPS) is 12.0. The van der Waals surface area contributed by atoms with Crippen LogP contribution in [0.5, 0.6) is 0 Å². The standard InChI is InChI=1S/C8H16F3NS/c1-13-7-3-6-12-5-2-4-8(9,10)11/h12H,2-7H2,1H3. The summed E-state index contributed by atoms with van der Waals surface area (Å²) in [4.78, 5) is 0. The fourth-order valence-electron chi connectivity index (χ4n) is 0.880.